The third-order valence-electron chi connectivity index (χ3n) is 4.39. The van der Waals surface area contributed by atoms with Crippen LogP contribution in [0.5, 0.6) is 5.75 Å². The van der Waals surface area contributed by atoms with Crippen LogP contribution in [-0.2, 0) is 6.42 Å². The number of hydrogen-bond acceptors (Lipinski definition) is 3. The summed E-state index contributed by atoms with van der Waals surface area (Å²) in [5.74, 6) is 1.45. The summed E-state index contributed by atoms with van der Waals surface area (Å²) < 4.78 is 5.75. The summed E-state index contributed by atoms with van der Waals surface area (Å²) in [5.41, 5.74) is 4.97. The fourth-order valence-corrected chi connectivity index (χ4v) is 4.36. The maximum Gasteiger partial charge on any atom is 0.124 e. The van der Waals surface area contributed by atoms with Gasteiger partial charge in [0.2, 0.25) is 0 Å². The number of rotatable bonds is 3. The quantitative estimate of drug-likeness (QED) is 0.592. The average Bonchev–Trinajstić information content (AvgIpc) is 3.08. The second-order valence-corrected chi connectivity index (χ2v) is 7.53. The van der Waals surface area contributed by atoms with E-state index in [9.17, 15) is 0 Å². The molecule has 2 nitrogen and oxygen atoms in total. The lowest BCUT2D eigenvalue weighted by Gasteiger charge is -2.18. The highest BCUT2D eigenvalue weighted by Crippen LogP contribution is 2.40. The van der Waals surface area contributed by atoms with Crippen LogP contribution in [0.15, 0.2) is 48.5 Å². The summed E-state index contributed by atoms with van der Waals surface area (Å²) >= 11 is 1.79. The first-order chi connectivity index (χ1) is 11.7. The highest BCUT2D eigenvalue weighted by atomic mass is 32.1. The number of benzene rings is 2. The molecule has 0 atom stereocenters. The molecule has 3 heteroatoms. The monoisotopic (exact) mass is 335 g/mol. The van der Waals surface area contributed by atoms with Crippen molar-refractivity contribution in [3.05, 3.63) is 59.8 Å². The molecule has 122 valence electrons. The molecule has 2 aromatic carbocycles. The van der Waals surface area contributed by atoms with E-state index in [1.165, 1.54) is 27.3 Å². The van der Waals surface area contributed by atoms with Gasteiger partial charge < -0.3 is 4.74 Å². The molecule has 24 heavy (non-hydrogen) atoms. The van der Waals surface area contributed by atoms with Crippen molar-refractivity contribution in [3.8, 4) is 26.8 Å². The number of aromatic nitrogens is 1. The van der Waals surface area contributed by atoms with E-state index in [1.807, 2.05) is 6.07 Å². The standard InChI is InChI=1S/C21H21NOS/c1-14(2)19-20(24-21(22-19)15-7-4-3-5-8-15)17-10-11-18-16(13-17)9-6-12-23-18/h3-5,7-8,10-11,13-14H,6,9,12H2,1-2H3. The number of hydrogen-bond donors (Lipinski definition) is 0. The Morgan fingerprint density at radius 1 is 1.04 bits per heavy atom. The SMILES string of the molecule is CC(C)c1nc(-c2ccccc2)sc1-c1ccc2c(c1)CCCO2. The second-order valence-electron chi connectivity index (χ2n) is 6.53. The van der Waals surface area contributed by atoms with Gasteiger partial charge in [-0.2, -0.15) is 0 Å². The minimum Gasteiger partial charge on any atom is -0.493 e. The van der Waals surface area contributed by atoms with Crippen LogP contribution in [0.1, 0.15) is 37.4 Å². The molecule has 0 spiro atoms. The molecule has 1 aliphatic heterocycles. The van der Waals surface area contributed by atoms with Crippen molar-refractivity contribution < 1.29 is 4.74 Å². The molecular weight excluding hydrogens is 314 g/mol. The largest absolute Gasteiger partial charge is 0.493 e. The van der Waals surface area contributed by atoms with Gasteiger partial charge in [0.1, 0.15) is 10.8 Å². The van der Waals surface area contributed by atoms with Crippen molar-refractivity contribution in [2.45, 2.75) is 32.6 Å². The first-order valence-corrected chi connectivity index (χ1v) is 9.36. The van der Waals surface area contributed by atoms with Gasteiger partial charge in [0, 0.05) is 5.56 Å². The number of ether oxygens (including phenoxy) is 1. The van der Waals surface area contributed by atoms with Crippen molar-refractivity contribution in [3.63, 3.8) is 0 Å². The normalized spacial score (nSPS) is 13.6. The van der Waals surface area contributed by atoms with Crippen molar-refractivity contribution in [1.82, 2.24) is 4.98 Å². The van der Waals surface area contributed by atoms with Crippen molar-refractivity contribution in [2.24, 2.45) is 0 Å². The molecule has 1 aromatic heterocycles. The first-order valence-electron chi connectivity index (χ1n) is 8.54. The zero-order valence-electron chi connectivity index (χ0n) is 14.1. The van der Waals surface area contributed by atoms with Gasteiger partial charge in [-0.1, -0.05) is 44.2 Å². The van der Waals surface area contributed by atoms with E-state index in [0.717, 1.165) is 30.2 Å². The van der Waals surface area contributed by atoms with Gasteiger partial charge in [-0.05, 0) is 48.1 Å². The lowest BCUT2D eigenvalue weighted by Crippen LogP contribution is -2.08. The molecule has 0 amide bonds. The summed E-state index contributed by atoms with van der Waals surface area (Å²) in [6.45, 7) is 5.27. The zero-order valence-corrected chi connectivity index (χ0v) is 14.9. The Morgan fingerprint density at radius 2 is 1.88 bits per heavy atom. The molecule has 1 aliphatic rings. The fraction of sp³-hybridized carbons (Fsp3) is 0.286. The summed E-state index contributed by atoms with van der Waals surface area (Å²) in [6, 6.07) is 17.0. The van der Waals surface area contributed by atoms with Crippen LogP contribution in [-0.4, -0.2) is 11.6 Å². The highest BCUT2D eigenvalue weighted by molar-refractivity contribution is 7.18. The van der Waals surface area contributed by atoms with Crippen LogP contribution in [0.25, 0.3) is 21.0 Å². The number of nitrogens with zero attached hydrogens (tertiary/aromatic N) is 1. The lowest BCUT2D eigenvalue weighted by molar-refractivity contribution is 0.288. The minimum atomic E-state index is 0.404. The maximum absolute atomic E-state index is 5.75. The number of fused-ring (bicyclic) bond motifs is 1. The topological polar surface area (TPSA) is 22.1 Å². The molecule has 0 bridgehead atoms. The van der Waals surface area contributed by atoms with Gasteiger partial charge in [-0.3, -0.25) is 0 Å². The molecule has 0 saturated heterocycles. The fourth-order valence-electron chi connectivity index (χ4n) is 3.14. The van der Waals surface area contributed by atoms with Crippen molar-refractivity contribution in [1.29, 1.82) is 0 Å². The lowest BCUT2D eigenvalue weighted by atomic mass is 10.00. The summed E-state index contributed by atoms with van der Waals surface area (Å²) in [7, 11) is 0. The Kier molecular flexibility index (Phi) is 4.11. The second kappa shape index (κ2) is 6.40. The van der Waals surface area contributed by atoms with E-state index in [2.05, 4.69) is 56.3 Å². The average molecular weight is 335 g/mol. The summed E-state index contributed by atoms with van der Waals surface area (Å²) in [6.07, 6.45) is 2.20. The molecule has 0 unspecified atom stereocenters. The first kappa shape index (κ1) is 15.4. The van der Waals surface area contributed by atoms with Crippen molar-refractivity contribution in [2.75, 3.05) is 6.61 Å². The predicted octanol–water partition coefficient (Wildman–Crippen LogP) is 5.93. The molecule has 2 heterocycles. The van der Waals surface area contributed by atoms with Crippen LogP contribution in [0, 0.1) is 0 Å². The van der Waals surface area contributed by atoms with E-state index < -0.39 is 0 Å². The molecule has 0 fully saturated rings. The molecule has 4 rings (SSSR count). The highest BCUT2D eigenvalue weighted by Gasteiger charge is 2.19. The third-order valence-corrected chi connectivity index (χ3v) is 5.56. The Hall–Kier alpha value is -2.13. The minimum absolute atomic E-state index is 0.404. The van der Waals surface area contributed by atoms with E-state index in [0.29, 0.717) is 5.92 Å². The van der Waals surface area contributed by atoms with Gasteiger partial charge in [-0.15, -0.1) is 11.3 Å². The van der Waals surface area contributed by atoms with E-state index in [1.54, 1.807) is 11.3 Å². The van der Waals surface area contributed by atoms with E-state index in [4.69, 9.17) is 9.72 Å². The smallest absolute Gasteiger partial charge is 0.124 e. The Bertz CT molecular complexity index is 852. The van der Waals surface area contributed by atoms with Crippen LogP contribution < -0.4 is 4.74 Å². The molecule has 3 aromatic rings. The van der Waals surface area contributed by atoms with Crippen molar-refractivity contribution >= 4 is 11.3 Å². The van der Waals surface area contributed by atoms with Crippen LogP contribution in [0.4, 0.5) is 0 Å². The van der Waals surface area contributed by atoms with E-state index >= 15 is 0 Å². The molecule has 0 saturated carbocycles. The Morgan fingerprint density at radius 3 is 2.67 bits per heavy atom. The van der Waals surface area contributed by atoms with Crippen LogP contribution >= 0.6 is 11.3 Å². The summed E-state index contributed by atoms with van der Waals surface area (Å²) in [4.78, 5) is 6.24. The number of aryl methyl sites for hydroxylation is 1. The number of thiazole rings is 1. The van der Waals surface area contributed by atoms with Gasteiger partial charge >= 0.3 is 0 Å². The van der Waals surface area contributed by atoms with Gasteiger partial charge in [0.15, 0.2) is 0 Å². The zero-order chi connectivity index (χ0) is 16.5. The molecule has 0 radical (unpaired) electrons. The molecule has 0 aliphatic carbocycles. The molecular formula is C21H21NOS. The maximum atomic E-state index is 5.75. The molecule has 0 N–H and O–H groups in total. The van der Waals surface area contributed by atoms with Gasteiger partial charge in [0.05, 0.1) is 17.2 Å². The van der Waals surface area contributed by atoms with Crippen LogP contribution in [0.3, 0.4) is 0 Å². The van der Waals surface area contributed by atoms with E-state index in [-0.39, 0.29) is 0 Å². The third kappa shape index (κ3) is 2.84. The summed E-state index contributed by atoms with van der Waals surface area (Å²) in [5, 5.41) is 1.10. The Labute approximate surface area is 147 Å². The Balaban J connectivity index is 1.81. The van der Waals surface area contributed by atoms with Gasteiger partial charge in [0.25, 0.3) is 0 Å². The predicted molar refractivity (Wildman–Crippen MR) is 101 cm³/mol. The van der Waals surface area contributed by atoms with Gasteiger partial charge in [-0.25, -0.2) is 4.98 Å². The van der Waals surface area contributed by atoms with Crippen LogP contribution in [0.2, 0.25) is 0 Å².